The third-order valence-corrected chi connectivity index (χ3v) is 5.82. The van der Waals surface area contributed by atoms with E-state index in [2.05, 4.69) is 10.5 Å². The van der Waals surface area contributed by atoms with E-state index in [0.29, 0.717) is 51.2 Å². The van der Waals surface area contributed by atoms with Gasteiger partial charge in [0.25, 0.3) is 5.91 Å². The van der Waals surface area contributed by atoms with E-state index in [9.17, 15) is 18.0 Å². The molecule has 0 radical (unpaired) electrons. The molecule has 2 aliphatic rings. The Labute approximate surface area is 130 Å². The predicted octanol–water partition coefficient (Wildman–Crippen LogP) is -0.473. The summed E-state index contributed by atoms with van der Waals surface area (Å²) in [6.45, 7) is 3.45. The molecule has 0 aromatic carbocycles. The van der Waals surface area contributed by atoms with Crippen molar-refractivity contribution in [2.75, 3.05) is 31.9 Å². The van der Waals surface area contributed by atoms with Gasteiger partial charge in [0.2, 0.25) is 15.9 Å². The molecule has 8 nitrogen and oxygen atoms in total. The third-order valence-electron chi connectivity index (χ3n) is 3.75. The van der Waals surface area contributed by atoms with Crippen molar-refractivity contribution in [2.45, 2.75) is 32.6 Å². The van der Waals surface area contributed by atoms with E-state index in [1.54, 1.807) is 4.90 Å². The zero-order valence-corrected chi connectivity index (χ0v) is 13.6. The Morgan fingerprint density at radius 3 is 2.64 bits per heavy atom. The smallest absolute Gasteiger partial charge is 0.270 e. The summed E-state index contributed by atoms with van der Waals surface area (Å²) in [5.41, 5.74) is 2.65. The normalized spacial score (nSPS) is 21.0. The molecular formula is C13H22N4O4S. The fourth-order valence-corrected chi connectivity index (χ4v) is 4.11. The second kappa shape index (κ2) is 7.19. The Morgan fingerprint density at radius 2 is 2.00 bits per heavy atom. The summed E-state index contributed by atoms with van der Waals surface area (Å²) in [7, 11) is -3.23. The quantitative estimate of drug-likeness (QED) is 0.753. The summed E-state index contributed by atoms with van der Waals surface area (Å²) in [5, 5.41) is 3.81. The monoisotopic (exact) mass is 330 g/mol. The average molecular weight is 330 g/mol. The summed E-state index contributed by atoms with van der Waals surface area (Å²) < 4.78 is 25.7. The molecule has 2 heterocycles. The summed E-state index contributed by atoms with van der Waals surface area (Å²) in [4.78, 5) is 25.1. The number of nitrogens with one attached hydrogen (secondary N) is 1. The first kappa shape index (κ1) is 16.9. The fraction of sp³-hybridized carbons (Fsp3) is 0.769. The van der Waals surface area contributed by atoms with Crippen molar-refractivity contribution in [2.24, 2.45) is 5.10 Å². The van der Waals surface area contributed by atoms with E-state index in [1.807, 2.05) is 6.92 Å². The van der Waals surface area contributed by atoms with Crippen LogP contribution in [0.5, 0.6) is 0 Å². The number of amides is 2. The van der Waals surface area contributed by atoms with Crippen LogP contribution in [-0.4, -0.2) is 67.1 Å². The molecule has 1 N–H and O–H groups in total. The highest BCUT2D eigenvalue weighted by Gasteiger charge is 2.28. The number of hydrogen-bond donors (Lipinski definition) is 1. The molecule has 0 atom stereocenters. The predicted molar refractivity (Wildman–Crippen MR) is 81.7 cm³/mol. The van der Waals surface area contributed by atoms with Crippen LogP contribution in [0.4, 0.5) is 0 Å². The van der Waals surface area contributed by atoms with Gasteiger partial charge in [-0.1, -0.05) is 6.92 Å². The Hall–Kier alpha value is -1.48. The maximum Gasteiger partial charge on any atom is 0.270 e. The van der Waals surface area contributed by atoms with Gasteiger partial charge in [0.15, 0.2) is 0 Å². The molecule has 1 saturated heterocycles. The lowest BCUT2D eigenvalue weighted by molar-refractivity contribution is -0.124. The molecule has 9 heteroatoms. The number of nitrogens with zero attached hydrogens (tertiary/aromatic N) is 3. The van der Waals surface area contributed by atoms with Crippen molar-refractivity contribution in [3.8, 4) is 0 Å². The number of rotatable bonds is 4. The van der Waals surface area contributed by atoms with Crippen molar-refractivity contribution in [1.29, 1.82) is 0 Å². The first-order valence-electron chi connectivity index (χ1n) is 7.56. The number of carbonyl (C=O) groups excluding carboxylic acids is 2. The minimum atomic E-state index is -3.23. The van der Waals surface area contributed by atoms with E-state index in [0.717, 1.165) is 0 Å². The zero-order chi connectivity index (χ0) is 16.2. The summed E-state index contributed by atoms with van der Waals surface area (Å²) >= 11 is 0. The van der Waals surface area contributed by atoms with E-state index in [-0.39, 0.29) is 24.0 Å². The third kappa shape index (κ3) is 4.04. The van der Waals surface area contributed by atoms with Crippen molar-refractivity contribution < 1.29 is 18.0 Å². The topological polar surface area (TPSA) is 99.2 Å². The van der Waals surface area contributed by atoms with Crippen molar-refractivity contribution in [1.82, 2.24) is 14.6 Å². The summed E-state index contributed by atoms with van der Waals surface area (Å²) in [6.07, 6.45) is 1.78. The largest absolute Gasteiger partial charge is 0.336 e. The SMILES string of the molecule is CCCS(=O)(=O)N1CCCN(C(=O)C2=NNC(=O)CC2)CC1. The van der Waals surface area contributed by atoms with Gasteiger partial charge < -0.3 is 4.90 Å². The number of hydrazone groups is 1. The van der Waals surface area contributed by atoms with Gasteiger partial charge in [0.05, 0.1) is 5.75 Å². The molecular weight excluding hydrogens is 308 g/mol. The van der Waals surface area contributed by atoms with Crippen LogP contribution in [-0.2, 0) is 19.6 Å². The Kier molecular flexibility index (Phi) is 5.52. The molecule has 0 aromatic heterocycles. The van der Waals surface area contributed by atoms with Gasteiger partial charge in [-0.05, 0) is 12.8 Å². The average Bonchev–Trinajstić information content (AvgIpc) is 2.73. The Bertz CT molecular complexity index is 573. The molecule has 2 aliphatic heterocycles. The first-order chi connectivity index (χ1) is 10.4. The molecule has 0 unspecified atom stereocenters. The highest BCUT2D eigenvalue weighted by atomic mass is 32.2. The molecule has 0 saturated carbocycles. The summed E-state index contributed by atoms with van der Waals surface area (Å²) in [6, 6.07) is 0. The van der Waals surface area contributed by atoms with Gasteiger partial charge in [0.1, 0.15) is 5.71 Å². The highest BCUT2D eigenvalue weighted by Crippen LogP contribution is 2.11. The number of carbonyl (C=O) groups is 2. The molecule has 124 valence electrons. The Balaban J connectivity index is 1.98. The fourth-order valence-electron chi connectivity index (χ4n) is 2.57. The van der Waals surface area contributed by atoms with Gasteiger partial charge in [-0.15, -0.1) is 0 Å². The lowest BCUT2D eigenvalue weighted by Gasteiger charge is -2.23. The molecule has 2 amide bonds. The van der Waals surface area contributed by atoms with Crippen LogP contribution >= 0.6 is 0 Å². The minimum absolute atomic E-state index is 0.139. The molecule has 2 rings (SSSR count). The van der Waals surface area contributed by atoms with Crippen LogP contribution in [0.15, 0.2) is 5.10 Å². The maximum atomic E-state index is 12.4. The van der Waals surface area contributed by atoms with Crippen LogP contribution in [0.3, 0.4) is 0 Å². The molecule has 0 bridgehead atoms. The second-order valence-electron chi connectivity index (χ2n) is 5.45. The van der Waals surface area contributed by atoms with Crippen LogP contribution in [0.1, 0.15) is 32.6 Å². The van der Waals surface area contributed by atoms with Gasteiger partial charge in [-0.2, -0.15) is 5.10 Å². The molecule has 0 aliphatic carbocycles. The summed E-state index contributed by atoms with van der Waals surface area (Å²) in [5.74, 6) is -0.265. The van der Waals surface area contributed by atoms with E-state index in [4.69, 9.17) is 0 Å². The minimum Gasteiger partial charge on any atom is -0.336 e. The Morgan fingerprint density at radius 1 is 1.23 bits per heavy atom. The first-order valence-corrected chi connectivity index (χ1v) is 9.17. The highest BCUT2D eigenvalue weighted by molar-refractivity contribution is 7.89. The maximum absolute atomic E-state index is 12.4. The van der Waals surface area contributed by atoms with Gasteiger partial charge in [0, 0.05) is 39.0 Å². The van der Waals surface area contributed by atoms with E-state index < -0.39 is 10.0 Å². The second-order valence-corrected chi connectivity index (χ2v) is 7.54. The molecule has 0 aromatic rings. The van der Waals surface area contributed by atoms with E-state index in [1.165, 1.54) is 4.31 Å². The van der Waals surface area contributed by atoms with Crippen LogP contribution in [0.2, 0.25) is 0 Å². The zero-order valence-electron chi connectivity index (χ0n) is 12.7. The van der Waals surface area contributed by atoms with Crippen LogP contribution in [0.25, 0.3) is 0 Å². The van der Waals surface area contributed by atoms with Crippen LogP contribution < -0.4 is 5.43 Å². The lowest BCUT2D eigenvalue weighted by atomic mass is 10.1. The van der Waals surface area contributed by atoms with Crippen molar-refractivity contribution >= 4 is 27.5 Å². The molecule has 1 fully saturated rings. The van der Waals surface area contributed by atoms with Gasteiger partial charge >= 0.3 is 0 Å². The number of sulfonamides is 1. The van der Waals surface area contributed by atoms with Crippen molar-refractivity contribution in [3.05, 3.63) is 0 Å². The van der Waals surface area contributed by atoms with Crippen LogP contribution in [0, 0.1) is 0 Å². The van der Waals surface area contributed by atoms with Gasteiger partial charge in [-0.25, -0.2) is 18.1 Å². The van der Waals surface area contributed by atoms with E-state index >= 15 is 0 Å². The molecule has 22 heavy (non-hydrogen) atoms. The lowest BCUT2D eigenvalue weighted by Crippen LogP contribution is -2.42. The standard InChI is InChI=1S/C13H22N4O4S/c1-2-10-22(20,21)17-7-3-6-16(8-9-17)13(19)11-4-5-12(18)15-14-11/h2-10H2,1H3,(H,15,18). The molecule has 0 spiro atoms. The van der Waals surface area contributed by atoms with Gasteiger partial charge in [-0.3, -0.25) is 9.59 Å². The van der Waals surface area contributed by atoms with Crippen molar-refractivity contribution in [3.63, 3.8) is 0 Å². The number of hydrogen-bond acceptors (Lipinski definition) is 5.